The van der Waals surface area contributed by atoms with Crippen molar-refractivity contribution in [3.63, 3.8) is 0 Å². The molecule has 1 unspecified atom stereocenters. The van der Waals surface area contributed by atoms with Crippen molar-refractivity contribution in [1.82, 2.24) is 14.5 Å². The Kier molecular flexibility index (Phi) is 2.45. The monoisotopic (exact) mass is 287 g/mol. The second-order valence-corrected chi connectivity index (χ2v) is 6.18. The van der Waals surface area contributed by atoms with Crippen molar-refractivity contribution in [3.05, 3.63) is 66.2 Å². The normalized spacial score (nSPS) is 17.9. The zero-order valence-electron chi connectivity index (χ0n) is 12.3. The van der Waals surface area contributed by atoms with Crippen LogP contribution in [0.1, 0.15) is 30.0 Å². The van der Waals surface area contributed by atoms with Gasteiger partial charge in [-0.25, -0.2) is 4.98 Å². The van der Waals surface area contributed by atoms with Gasteiger partial charge in [0.25, 0.3) is 0 Å². The van der Waals surface area contributed by atoms with Gasteiger partial charge in [-0.3, -0.25) is 0 Å². The number of aromatic amines is 1. The molecule has 1 aliphatic heterocycles. The summed E-state index contributed by atoms with van der Waals surface area (Å²) in [6, 6.07) is 15.4. The number of aromatic nitrogens is 3. The van der Waals surface area contributed by atoms with Crippen LogP contribution in [0, 0.1) is 0 Å². The third kappa shape index (κ3) is 1.65. The molecule has 22 heavy (non-hydrogen) atoms. The van der Waals surface area contributed by atoms with Gasteiger partial charge in [0.15, 0.2) is 0 Å². The van der Waals surface area contributed by atoms with E-state index in [0.717, 1.165) is 6.54 Å². The number of nitrogens with one attached hydrogen (secondary N) is 1. The summed E-state index contributed by atoms with van der Waals surface area (Å²) >= 11 is 0. The molecule has 0 aliphatic carbocycles. The Balaban J connectivity index is 1.69. The number of benzene rings is 2. The first-order valence-electron chi connectivity index (χ1n) is 7.90. The maximum absolute atomic E-state index is 4.33. The number of hydrogen-bond acceptors (Lipinski definition) is 1. The molecule has 2 aromatic heterocycles. The lowest BCUT2D eigenvalue weighted by molar-refractivity contribution is 0.491. The smallest absolute Gasteiger partial charge is 0.0948 e. The number of H-pyrrole nitrogens is 1. The Hall–Kier alpha value is -2.55. The maximum atomic E-state index is 4.33. The summed E-state index contributed by atoms with van der Waals surface area (Å²) in [6.45, 7) is 1.10. The second-order valence-electron chi connectivity index (χ2n) is 6.18. The predicted molar refractivity (Wildman–Crippen MR) is 89.1 cm³/mol. The minimum Gasteiger partial charge on any atom is -0.355 e. The van der Waals surface area contributed by atoms with E-state index in [1.54, 1.807) is 0 Å². The summed E-state index contributed by atoms with van der Waals surface area (Å²) in [5.41, 5.74) is 5.18. The minimum atomic E-state index is 0.465. The average molecular weight is 287 g/mol. The predicted octanol–water partition coefficient (Wildman–Crippen LogP) is 4.44. The van der Waals surface area contributed by atoms with Crippen molar-refractivity contribution in [2.45, 2.75) is 25.3 Å². The minimum absolute atomic E-state index is 0.465. The Morgan fingerprint density at radius 3 is 2.95 bits per heavy atom. The molecular weight excluding hydrogens is 270 g/mol. The maximum Gasteiger partial charge on any atom is 0.0948 e. The molecule has 3 nitrogen and oxygen atoms in total. The summed E-state index contributed by atoms with van der Waals surface area (Å²) < 4.78 is 2.30. The number of hydrogen-bond donors (Lipinski definition) is 1. The number of aryl methyl sites for hydroxylation is 1. The van der Waals surface area contributed by atoms with Crippen LogP contribution in [0.5, 0.6) is 0 Å². The molecule has 3 heterocycles. The van der Waals surface area contributed by atoms with Crippen LogP contribution in [0.3, 0.4) is 0 Å². The van der Waals surface area contributed by atoms with Crippen LogP contribution >= 0.6 is 0 Å². The number of para-hydroxylation sites is 1. The lowest BCUT2D eigenvalue weighted by Gasteiger charge is -2.24. The van der Waals surface area contributed by atoms with E-state index in [9.17, 15) is 0 Å². The molecule has 1 N–H and O–H groups in total. The van der Waals surface area contributed by atoms with Crippen LogP contribution in [-0.2, 0) is 6.54 Å². The van der Waals surface area contributed by atoms with Crippen LogP contribution in [0.4, 0.5) is 0 Å². The molecule has 108 valence electrons. The molecule has 0 spiro atoms. The van der Waals surface area contributed by atoms with Crippen molar-refractivity contribution in [1.29, 1.82) is 0 Å². The molecular formula is C19H17N3. The second kappa shape index (κ2) is 4.47. The Labute approximate surface area is 128 Å². The van der Waals surface area contributed by atoms with Gasteiger partial charge in [-0.15, -0.1) is 0 Å². The molecule has 1 atom stereocenters. The quantitative estimate of drug-likeness (QED) is 0.551. The molecule has 3 heteroatoms. The number of fused-ring (bicyclic) bond motifs is 4. The molecule has 2 aromatic carbocycles. The van der Waals surface area contributed by atoms with Gasteiger partial charge in [-0.1, -0.05) is 30.3 Å². The van der Waals surface area contributed by atoms with Crippen LogP contribution < -0.4 is 0 Å². The SMILES string of the molecule is c1ccc2c(c1)[nH]c1cc(C3CCCn4cncc43)ccc12. The third-order valence-corrected chi connectivity index (χ3v) is 4.93. The largest absolute Gasteiger partial charge is 0.355 e. The molecule has 0 radical (unpaired) electrons. The topological polar surface area (TPSA) is 33.6 Å². The lowest BCUT2D eigenvalue weighted by Crippen LogP contribution is -2.15. The standard InChI is InChI=1S/C19H17N3/c1-2-6-17-15(4-1)16-8-7-13(10-18(16)21-17)14-5-3-9-22-12-20-11-19(14)22/h1-2,4,6-8,10-12,14,21H,3,5,9H2. The highest BCUT2D eigenvalue weighted by atomic mass is 15.1. The summed E-state index contributed by atoms with van der Waals surface area (Å²) in [7, 11) is 0. The molecule has 5 rings (SSSR count). The van der Waals surface area contributed by atoms with Crippen molar-refractivity contribution < 1.29 is 0 Å². The third-order valence-electron chi connectivity index (χ3n) is 4.93. The van der Waals surface area contributed by atoms with E-state index in [1.807, 2.05) is 12.5 Å². The molecule has 0 saturated heterocycles. The van der Waals surface area contributed by atoms with Crippen LogP contribution in [0.15, 0.2) is 55.0 Å². The number of imidazole rings is 1. The van der Waals surface area contributed by atoms with E-state index < -0.39 is 0 Å². The van der Waals surface area contributed by atoms with E-state index in [1.165, 1.54) is 45.9 Å². The number of nitrogens with zero attached hydrogens (tertiary/aromatic N) is 2. The fourth-order valence-electron chi connectivity index (χ4n) is 3.85. The Morgan fingerprint density at radius 1 is 1.05 bits per heavy atom. The zero-order chi connectivity index (χ0) is 14.5. The molecule has 0 fully saturated rings. The molecule has 0 bridgehead atoms. The van der Waals surface area contributed by atoms with Crippen molar-refractivity contribution in [2.75, 3.05) is 0 Å². The molecule has 1 aliphatic rings. The highest BCUT2D eigenvalue weighted by Gasteiger charge is 2.22. The Morgan fingerprint density at radius 2 is 1.95 bits per heavy atom. The first kappa shape index (κ1) is 12.0. The highest BCUT2D eigenvalue weighted by molar-refractivity contribution is 6.07. The van der Waals surface area contributed by atoms with E-state index in [4.69, 9.17) is 0 Å². The fourth-order valence-corrected chi connectivity index (χ4v) is 3.85. The number of rotatable bonds is 1. The fraction of sp³-hybridized carbons (Fsp3) is 0.211. The summed E-state index contributed by atoms with van der Waals surface area (Å²) in [5, 5.41) is 2.61. The van der Waals surface area contributed by atoms with E-state index >= 15 is 0 Å². The van der Waals surface area contributed by atoms with Crippen LogP contribution in [0.2, 0.25) is 0 Å². The van der Waals surface area contributed by atoms with E-state index in [-0.39, 0.29) is 0 Å². The van der Waals surface area contributed by atoms with E-state index in [0.29, 0.717) is 5.92 Å². The summed E-state index contributed by atoms with van der Waals surface area (Å²) in [6.07, 6.45) is 6.42. The van der Waals surface area contributed by atoms with Crippen molar-refractivity contribution >= 4 is 21.8 Å². The van der Waals surface area contributed by atoms with Gasteiger partial charge in [0, 0.05) is 46.2 Å². The van der Waals surface area contributed by atoms with Gasteiger partial charge >= 0.3 is 0 Å². The first-order chi connectivity index (χ1) is 10.9. The first-order valence-corrected chi connectivity index (χ1v) is 7.90. The molecule has 4 aromatic rings. The van der Waals surface area contributed by atoms with Crippen molar-refractivity contribution in [2.24, 2.45) is 0 Å². The molecule has 0 amide bonds. The van der Waals surface area contributed by atoms with Crippen LogP contribution in [-0.4, -0.2) is 14.5 Å². The van der Waals surface area contributed by atoms with Crippen LogP contribution in [0.25, 0.3) is 21.8 Å². The zero-order valence-corrected chi connectivity index (χ0v) is 12.3. The molecule has 0 saturated carbocycles. The van der Waals surface area contributed by atoms with Gasteiger partial charge < -0.3 is 9.55 Å². The van der Waals surface area contributed by atoms with E-state index in [2.05, 4.69) is 57.0 Å². The Bertz CT molecular complexity index is 977. The van der Waals surface area contributed by atoms with Gasteiger partial charge in [0.2, 0.25) is 0 Å². The van der Waals surface area contributed by atoms with Gasteiger partial charge in [0.05, 0.1) is 6.33 Å². The van der Waals surface area contributed by atoms with Gasteiger partial charge in [-0.2, -0.15) is 0 Å². The van der Waals surface area contributed by atoms with Gasteiger partial charge in [-0.05, 0) is 30.5 Å². The lowest BCUT2D eigenvalue weighted by atomic mass is 9.88. The summed E-state index contributed by atoms with van der Waals surface area (Å²) in [4.78, 5) is 7.88. The highest BCUT2D eigenvalue weighted by Crippen LogP contribution is 2.35. The average Bonchev–Trinajstić information content (AvgIpc) is 3.18. The summed E-state index contributed by atoms with van der Waals surface area (Å²) in [5.74, 6) is 0.465. The van der Waals surface area contributed by atoms with Crippen molar-refractivity contribution in [3.8, 4) is 0 Å². The van der Waals surface area contributed by atoms with Gasteiger partial charge in [0.1, 0.15) is 0 Å².